The zero-order valence-electron chi connectivity index (χ0n) is 23.2. The first-order valence-corrected chi connectivity index (χ1v) is 17.7. The lowest BCUT2D eigenvalue weighted by atomic mass is 10.1. The fourth-order valence-corrected chi connectivity index (χ4v) is 5.87. The molecule has 0 saturated carbocycles. The molecule has 1 aromatic heterocycles. The van der Waals surface area contributed by atoms with Crippen LogP contribution in [0.15, 0.2) is 77.1 Å². The minimum atomic E-state index is -3.61. The van der Waals surface area contributed by atoms with Crippen molar-refractivity contribution in [2.24, 2.45) is 4.99 Å². The van der Waals surface area contributed by atoms with Gasteiger partial charge in [-0.25, -0.2) is 4.98 Å². The van der Waals surface area contributed by atoms with Crippen LogP contribution in [0.3, 0.4) is 0 Å². The molecule has 4 rings (SSSR count). The quantitative estimate of drug-likeness (QED) is 0.129. The van der Waals surface area contributed by atoms with Crippen molar-refractivity contribution in [1.82, 2.24) is 4.98 Å². The van der Waals surface area contributed by atoms with Gasteiger partial charge < -0.3 is 4.90 Å². The highest BCUT2D eigenvalue weighted by molar-refractivity contribution is 7.86. The number of rotatable bonds is 13. The minimum Gasteiger partial charge on any atom is -0.367 e. The minimum absolute atomic E-state index is 0.0921. The summed E-state index contributed by atoms with van der Waals surface area (Å²) in [5.74, 6) is 0. The zero-order valence-corrected chi connectivity index (χ0v) is 26.4. The van der Waals surface area contributed by atoms with E-state index >= 15 is 0 Å². The average molecular weight is 648 g/mol. The van der Waals surface area contributed by atoms with Gasteiger partial charge in [0.2, 0.25) is 0 Å². The molecule has 0 N–H and O–H groups in total. The second kappa shape index (κ2) is 13.9. The van der Waals surface area contributed by atoms with Crippen LogP contribution in [0.5, 0.6) is 0 Å². The van der Waals surface area contributed by atoms with E-state index in [0.717, 1.165) is 51.2 Å². The summed E-state index contributed by atoms with van der Waals surface area (Å²) in [7, 11) is -7.22. The van der Waals surface area contributed by atoms with Crippen molar-refractivity contribution in [3.8, 4) is 21.8 Å². The molecule has 0 spiro atoms. The van der Waals surface area contributed by atoms with Crippen LogP contribution in [0, 0.1) is 6.92 Å². The van der Waals surface area contributed by atoms with Gasteiger partial charge in [0.25, 0.3) is 20.2 Å². The van der Waals surface area contributed by atoms with E-state index in [1.54, 1.807) is 28.5 Å². The summed E-state index contributed by atoms with van der Waals surface area (Å²) in [6, 6.07) is 21.2. The van der Waals surface area contributed by atoms with Gasteiger partial charge in [-0.15, -0.1) is 11.3 Å². The summed E-state index contributed by atoms with van der Waals surface area (Å²) in [6.07, 6.45) is 3.69. The Morgan fingerprint density at radius 1 is 0.929 bits per heavy atom. The number of aliphatic imine (C=N–C) groups is 1. The maximum absolute atomic E-state index is 11.4. The SMILES string of the molecule is Cc1cc(N(CCOS(C)(=O)=O)CCOS(C)(=O)=O)ccc1C=Nc1ccc(-c2csc(-c3ccccc3)n2)c(Cl)c1. The number of benzene rings is 3. The normalized spacial score (nSPS) is 12.2. The van der Waals surface area contributed by atoms with E-state index < -0.39 is 20.2 Å². The second-order valence-electron chi connectivity index (χ2n) is 9.41. The van der Waals surface area contributed by atoms with Gasteiger partial charge in [0.05, 0.1) is 42.1 Å². The highest BCUT2D eigenvalue weighted by Crippen LogP contribution is 2.34. The zero-order chi connectivity index (χ0) is 30.3. The number of hydrogen-bond acceptors (Lipinski definition) is 10. The Kier molecular flexibility index (Phi) is 10.5. The Labute approximate surface area is 255 Å². The first-order chi connectivity index (χ1) is 19.9. The molecule has 0 radical (unpaired) electrons. The van der Waals surface area contributed by atoms with Crippen LogP contribution in [0.1, 0.15) is 11.1 Å². The topological polar surface area (TPSA) is 115 Å². The first-order valence-electron chi connectivity index (χ1n) is 12.8. The summed E-state index contributed by atoms with van der Waals surface area (Å²) in [5.41, 5.74) is 5.90. The predicted molar refractivity (Wildman–Crippen MR) is 170 cm³/mol. The number of hydrogen-bond donors (Lipinski definition) is 0. The lowest BCUT2D eigenvalue weighted by molar-refractivity contribution is 0.309. The monoisotopic (exact) mass is 647 g/mol. The van der Waals surface area contributed by atoms with Crippen LogP contribution in [0.2, 0.25) is 5.02 Å². The standard InChI is InChI=1S/C29H30ClN3O6S3/c1-21-17-25(33(13-15-38-41(2,34)35)14-16-39-42(3,36)37)11-9-23(21)19-31-24-10-12-26(27(30)18-24)28-20-40-29(32-28)22-7-5-4-6-8-22/h4-12,17-20H,13-16H2,1-3H3. The van der Waals surface area contributed by atoms with Gasteiger partial charge in [0, 0.05) is 41.5 Å². The molecule has 42 heavy (non-hydrogen) atoms. The highest BCUT2D eigenvalue weighted by Gasteiger charge is 2.13. The van der Waals surface area contributed by atoms with Gasteiger partial charge in [-0.1, -0.05) is 48.0 Å². The van der Waals surface area contributed by atoms with Gasteiger partial charge in [0.15, 0.2) is 0 Å². The van der Waals surface area contributed by atoms with Crippen LogP contribution in [-0.2, 0) is 28.6 Å². The molecule has 222 valence electrons. The Morgan fingerprint density at radius 2 is 1.60 bits per heavy atom. The van der Waals surface area contributed by atoms with Gasteiger partial charge in [-0.3, -0.25) is 13.4 Å². The lowest BCUT2D eigenvalue weighted by Gasteiger charge is -2.25. The number of thiazole rings is 1. The van der Waals surface area contributed by atoms with Gasteiger partial charge in [0.1, 0.15) is 5.01 Å². The fourth-order valence-electron chi connectivity index (χ4n) is 4.02. The molecular weight excluding hydrogens is 618 g/mol. The number of anilines is 1. The third-order valence-electron chi connectivity index (χ3n) is 6.04. The summed E-state index contributed by atoms with van der Waals surface area (Å²) in [6.45, 7) is 2.16. The molecule has 9 nitrogen and oxygen atoms in total. The summed E-state index contributed by atoms with van der Waals surface area (Å²) < 4.78 is 55.3. The molecule has 0 aliphatic rings. The third-order valence-corrected chi connectivity index (χ3v) is 8.44. The maximum atomic E-state index is 11.4. The molecular formula is C29H30ClN3O6S3. The van der Waals surface area contributed by atoms with Crippen molar-refractivity contribution in [2.75, 3.05) is 43.7 Å². The summed E-state index contributed by atoms with van der Waals surface area (Å²) in [4.78, 5) is 11.1. The Balaban J connectivity index is 1.47. The molecule has 0 bridgehead atoms. The van der Waals surface area contributed by atoms with E-state index in [-0.39, 0.29) is 26.3 Å². The van der Waals surface area contributed by atoms with Crippen LogP contribution in [0.4, 0.5) is 11.4 Å². The van der Waals surface area contributed by atoms with Crippen molar-refractivity contribution < 1.29 is 25.2 Å². The van der Waals surface area contributed by atoms with E-state index in [1.807, 2.05) is 73.0 Å². The number of aryl methyl sites for hydroxylation is 1. The Bertz CT molecular complexity index is 1740. The van der Waals surface area contributed by atoms with Crippen molar-refractivity contribution in [2.45, 2.75) is 6.92 Å². The van der Waals surface area contributed by atoms with Crippen LogP contribution in [0.25, 0.3) is 21.8 Å². The van der Waals surface area contributed by atoms with Crippen molar-refractivity contribution in [3.63, 3.8) is 0 Å². The molecule has 0 fully saturated rings. The average Bonchev–Trinajstić information content (AvgIpc) is 3.41. The first kappa shape index (κ1) is 31.8. The summed E-state index contributed by atoms with van der Waals surface area (Å²) in [5, 5.41) is 3.46. The Hall–Kier alpha value is -3.13. The summed E-state index contributed by atoms with van der Waals surface area (Å²) >= 11 is 8.18. The number of aromatic nitrogens is 1. The van der Waals surface area contributed by atoms with E-state index in [4.69, 9.17) is 25.0 Å². The third kappa shape index (κ3) is 9.45. The molecule has 1 heterocycles. The highest BCUT2D eigenvalue weighted by atomic mass is 35.5. The van der Waals surface area contributed by atoms with E-state index in [2.05, 4.69) is 4.99 Å². The largest absolute Gasteiger partial charge is 0.367 e. The van der Waals surface area contributed by atoms with E-state index in [9.17, 15) is 16.8 Å². The Morgan fingerprint density at radius 3 is 2.19 bits per heavy atom. The lowest BCUT2D eigenvalue weighted by Crippen LogP contribution is -2.32. The molecule has 0 aliphatic heterocycles. The van der Waals surface area contributed by atoms with Gasteiger partial charge in [-0.2, -0.15) is 16.8 Å². The predicted octanol–water partition coefficient (Wildman–Crippen LogP) is 5.95. The van der Waals surface area contributed by atoms with Crippen molar-refractivity contribution >= 4 is 60.8 Å². The van der Waals surface area contributed by atoms with Crippen LogP contribution < -0.4 is 4.90 Å². The molecule has 3 aromatic carbocycles. The molecule has 13 heteroatoms. The molecule has 0 unspecified atom stereocenters. The molecule has 0 amide bonds. The maximum Gasteiger partial charge on any atom is 0.264 e. The second-order valence-corrected chi connectivity index (χ2v) is 14.0. The van der Waals surface area contributed by atoms with Crippen molar-refractivity contribution in [3.05, 3.63) is 88.3 Å². The molecule has 0 saturated heterocycles. The van der Waals surface area contributed by atoms with Crippen LogP contribution in [-0.4, -0.2) is 66.8 Å². The smallest absolute Gasteiger partial charge is 0.264 e. The molecule has 0 aliphatic carbocycles. The molecule has 4 aromatic rings. The van der Waals surface area contributed by atoms with E-state index in [1.165, 1.54) is 0 Å². The van der Waals surface area contributed by atoms with Gasteiger partial charge in [-0.05, 0) is 48.4 Å². The van der Waals surface area contributed by atoms with Crippen LogP contribution >= 0.6 is 22.9 Å². The van der Waals surface area contributed by atoms with Gasteiger partial charge >= 0.3 is 0 Å². The number of halogens is 1. The number of nitrogens with zero attached hydrogens (tertiary/aromatic N) is 3. The fraction of sp³-hybridized carbons (Fsp3) is 0.241. The molecule has 0 atom stereocenters. The van der Waals surface area contributed by atoms with Crippen molar-refractivity contribution in [1.29, 1.82) is 0 Å². The van der Waals surface area contributed by atoms with E-state index in [0.29, 0.717) is 10.7 Å².